The van der Waals surface area contributed by atoms with Crippen molar-refractivity contribution in [1.82, 2.24) is 25.1 Å². The van der Waals surface area contributed by atoms with E-state index in [1.165, 1.54) is 12.1 Å². The molecule has 0 fully saturated rings. The fraction of sp³-hybridized carbons (Fsp3) is 0.429. The summed E-state index contributed by atoms with van der Waals surface area (Å²) in [4.78, 5) is 22.2. The van der Waals surface area contributed by atoms with Crippen LogP contribution >= 0.6 is 0 Å². The molecule has 0 spiro atoms. The molecule has 0 radical (unpaired) electrons. The van der Waals surface area contributed by atoms with Gasteiger partial charge in [-0.15, -0.1) is 13.2 Å². The minimum Gasteiger partial charge on any atom is -0.463 e. The number of likely N-dealkylation sites (N-methyl/N-ethyl adjacent to an activating group) is 1. The summed E-state index contributed by atoms with van der Waals surface area (Å²) in [6.45, 7) is 4.89. The smallest absolute Gasteiger partial charge is 0.463 e. The second-order valence-electron chi connectivity index (χ2n) is 4.76. The van der Waals surface area contributed by atoms with Crippen molar-refractivity contribution in [2.24, 2.45) is 0 Å². The zero-order valence-corrected chi connectivity index (χ0v) is 14.4. The number of carboxylic acid groups (broad SMARTS) is 1. The number of alkyl halides is 3. The number of hydrogen-bond acceptors (Lipinski definition) is 7. The maximum absolute atomic E-state index is 12.1. The lowest BCUT2D eigenvalue weighted by Crippen LogP contribution is -2.28. The van der Waals surface area contributed by atoms with Crippen molar-refractivity contribution in [2.45, 2.75) is 13.3 Å². The standard InChI is InChI=1S/C9H5F3N4O4.C5H13NO/c10-9(11,12)20-6-3-1-2-5(4-6)15-7(17)16(8(18)19)14-13-15;1-3-6-4-5-7-2/h1-4H,(H,18,19);6H,3-5H2,1-2H3. The van der Waals surface area contributed by atoms with Gasteiger partial charge in [-0.1, -0.05) is 17.7 Å². The van der Waals surface area contributed by atoms with Crippen molar-refractivity contribution in [1.29, 1.82) is 0 Å². The predicted molar refractivity (Wildman–Crippen MR) is 86.1 cm³/mol. The quantitative estimate of drug-likeness (QED) is 0.553. The van der Waals surface area contributed by atoms with E-state index in [1.54, 1.807) is 7.11 Å². The van der Waals surface area contributed by atoms with Gasteiger partial charge in [0, 0.05) is 19.7 Å². The van der Waals surface area contributed by atoms with Gasteiger partial charge in [0.25, 0.3) is 0 Å². The van der Waals surface area contributed by atoms with Crippen LogP contribution in [0.3, 0.4) is 0 Å². The number of tetrazole rings is 1. The molecule has 0 saturated carbocycles. The van der Waals surface area contributed by atoms with Crippen molar-refractivity contribution >= 4 is 6.09 Å². The number of nitrogens with one attached hydrogen (secondary N) is 1. The topological polar surface area (TPSA) is 120 Å². The summed E-state index contributed by atoms with van der Waals surface area (Å²) in [6, 6.07) is 4.31. The second kappa shape index (κ2) is 10.3. The average Bonchev–Trinajstić information content (AvgIpc) is 2.96. The van der Waals surface area contributed by atoms with Crippen LogP contribution in [0.4, 0.5) is 18.0 Å². The monoisotopic (exact) mass is 393 g/mol. The number of carbonyl (C=O) groups is 1. The first-order chi connectivity index (χ1) is 12.7. The molecule has 10 nitrogen and oxygen atoms in total. The van der Waals surface area contributed by atoms with E-state index >= 15 is 0 Å². The fourth-order valence-corrected chi connectivity index (χ4v) is 1.69. The van der Waals surface area contributed by atoms with Gasteiger partial charge in [-0.05, 0) is 29.1 Å². The zero-order valence-electron chi connectivity index (χ0n) is 14.4. The summed E-state index contributed by atoms with van der Waals surface area (Å²) >= 11 is 0. The Morgan fingerprint density at radius 1 is 1.33 bits per heavy atom. The number of ether oxygens (including phenoxy) is 2. The van der Waals surface area contributed by atoms with Gasteiger partial charge >= 0.3 is 18.1 Å². The zero-order chi connectivity index (χ0) is 20.4. The van der Waals surface area contributed by atoms with Gasteiger partial charge in [0.2, 0.25) is 0 Å². The Morgan fingerprint density at radius 3 is 2.56 bits per heavy atom. The number of aromatic nitrogens is 4. The van der Waals surface area contributed by atoms with Crippen LogP contribution in [0.2, 0.25) is 0 Å². The summed E-state index contributed by atoms with van der Waals surface area (Å²) in [5, 5.41) is 18.0. The SMILES string of the molecule is CCNCCOC.O=C(O)n1nnn(-c2cccc(OC(F)(F)F)c2)c1=O. The van der Waals surface area contributed by atoms with Gasteiger partial charge in [0.05, 0.1) is 12.3 Å². The fourth-order valence-electron chi connectivity index (χ4n) is 1.69. The van der Waals surface area contributed by atoms with Crippen LogP contribution in [0.5, 0.6) is 5.75 Å². The van der Waals surface area contributed by atoms with Crippen LogP contribution in [0, 0.1) is 0 Å². The molecule has 2 aromatic rings. The highest BCUT2D eigenvalue weighted by Gasteiger charge is 2.31. The molecule has 0 aliphatic rings. The van der Waals surface area contributed by atoms with E-state index in [4.69, 9.17) is 9.84 Å². The summed E-state index contributed by atoms with van der Waals surface area (Å²) in [7, 11) is 1.71. The van der Waals surface area contributed by atoms with Crippen molar-refractivity contribution in [3.63, 3.8) is 0 Å². The Balaban J connectivity index is 0.000000445. The van der Waals surface area contributed by atoms with Gasteiger partial charge < -0.3 is 19.9 Å². The van der Waals surface area contributed by atoms with Gasteiger partial charge in [0.15, 0.2) is 0 Å². The molecule has 1 heterocycles. The predicted octanol–water partition coefficient (Wildman–Crippen LogP) is 1.10. The number of halogens is 3. The van der Waals surface area contributed by atoms with Crippen LogP contribution < -0.4 is 15.7 Å². The van der Waals surface area contributed by atoms with Gasteiger partial charge in [-0.2, -0.15) is 4.68 Å². The van der Waals surface area contributed by atoms with Gasteiger partial charge in [-0.25, -0.2) is 9.59 Å². The molecule has 0 bridgehead atoms. The summed E-state index contributed by atoms with van der Waals surface area (Å²) < 4.78 is 45.2. The van der Waals surface area contributed by atoms with Crippen LogP contribution in [-0.4, -0.2) is 64.2 Å². The van der Waals surface area contributed by atoms with E-state index in [0.29, 0.717) is 4.68 Å². The van der Waals surface area contributed by atoms with Crippen molar-refractivity contribution in [3.8, 4) is 11.4 Å². The molecule has 0 unspecified atom stereocenters. The minimum atomic E-state index is -4.89. The molecule has 1 aromatic carbocycles. The molecule has 1 aromatic heterocycles. The normalized spacial score (nSPS) is 10.9. The highest BCUT2D eigenvalue weighted by Crippen LogP contribution is 2.23. The van der Waals surface area contributed by atoms with E-state index < -0.39 is 23.9 Å². The molecule has 0 atom stereocenters. The third-order valence-corrected chi connectivity index (χ3v) is 2.79. The van der Waals surface area contributed by atoms with E-state index in [1.807, 2.05) is 0 Å². The maximum Gasteiger partial charge on any atom is 0.573 e. The first-order valence-corrected chi connectivity index (χ1v) is 7.53. The lowest BCUT2D eigenvalue weighted by molar-refractivity contribution is -0.274. The van der Waals surface area contributed by atoms with Crippen LogP contribution in [-0.2, 0) is 4.74 Å². The molecule has 2 rings (SSSR count). The molecule has 27 heavy (non-hydrogen) atoms. The Morgan fingerprint density at radius 2 is 2.04 bits per heavy atom. The summed E-state index contributed by atoms with van der Waals surface area (Å²) in [5.41, 5.74) is -1.26. The van der Waals surface area contributed by atoms with Crippen molar-refractivity contribution in [2.75, 3.05) is 26.8 Å². The van der Waals surface area contributed by atoms with Gasteiger partial charge in [-0.3, -0.25) is 0 Å². The second-order valence-corrected chi connectivity index (χ2v) is 4.76. The van der Waals surface area contributed by atoms with E-state index in [9.17, 15) is 22.8 Å². The first-order valence-electron chi connectivity index (χ1n) is 7.53. The summed E-state index contributed by atoms with van der Waals surface area (Å²) in [5.74, 6) is -0.577. The maximum atomic E-state index is 12.1. The Bertz CT molecular complexity index is 786. The lowest BCUT2D eigenvalue weighted by atomic mass is 10.3. The Kier molecular flexibility index (Phi) is 8.41. The average molecular weight is 393 g/mol. The highest BCUT2D eigenvalue weighted by atomic mass is 19.4. The Hall–Kier alpha value is -2.93. The molecule has 13 heteroatoms. The van der Waals surface area contributed by atoms with E-state index in [2.05, 4.69) is 27.4 Å². The third kappa shape index (κ3) is 7.45. The van der Waals surface area contributed by atoms with Crippen LogP contribution in [0.1, 0.15) is 6.92 Å². The number of benzene rings is 1. The molecule has 0 aliphatic heterocycles. The lowest BCUT2D eigenvalue weighted by Gasteiger charge is -2.09. The number of hydrogen-bond donors (Lipinski definition) is 2. The number of rotatable bonds is 6. The molecule has 0 aliphatic carbocycles. The molecule has 0 amide bonds. The molecular formula is C14H18F3N5O5. The van der Waals surface area contributed by atoms with Crippen LogP contribution in [0.25, 0.3) is 5.69 Å². The largest absolute Gasteiger partial charge is 0.573 e. The van der Waals surface area contributed by atoms with Crippen molar-refractivity contribution in [3.05, 3.63) is 34.7 Å². The number of nitrogens with zero attached hydrogens (tertiary/aromatic N) is 4. The molecule has 150 valence electrons. The number of methoxy groups -OCH3 is 1. The van der Waals surface area contributed by atoms with Gasteiger partial charge in [0.1, 0.15) is 5.75 Å². The highest BCUT2D eigenvalue weighted by molar-refractivity contribution is 5.66. The minimum absolute atomic E-state index is 0.0390. The van der Waals surface area contributed by atoms with E-state index in [-0.39, 0.29) is 10.4 Å². The van der Waals surface area contributed by atoms with Crippen molar-refractivity contribution < 1.29 is 32.5 Å². The van der Waals surface area contributed by atoms with Crippen LogP contribution in [0.15, 0.2) is 29.1 Å². The molecule has 2 N–H and O–H groups in total. The molecular weight excluding hydrogens is 375 g/mol. The third-order valence-electron chi connectivity index (χ3n) is 2.79. The molecule has 0 saturated heterocycles. The van der Waals surface area contributed by atoms with E-state index in [0.717, 1.165) is 31.8 Å². The summed E-state index contributed by atoms with van der Waals surface area (Å²) in [6.07, 6.45) is -6.55. The first kappa shape index (κ1) is 22.1. The Labute approximate surface area is 151 Å².